The number of anilines is 1. The van der Waals surface area contributed by atoms with Crippen molar-refractivity contribution < 1.29 is 14.7 Å². The summed E-state index contributed by atoms with van der Waals surface area (Å²) in [5, 5.41) is 20.5. The fraction of sp³-hybridized carbons (Fsp3) is 0.364. The topological polar surface area (TPSA) is 88.3 Å². The lowest BCUT2D eigenvalue weighted by molar-refractivity contribution is -0.142. The van der Waals surface area contributed by atoms with Crippen molar-refractivity contribution in [2.75, 3.05) is 11.4 Å². The maximum atomic E-state index is 13.2. The molecule has 3 aromatic rings. The fourth-order valence-electron chi connectivity index (χ4n) is 3.87. The highest BCUT2D eigenvalue weighted by Crippen LogP contribution is 2.36. The average molecular weight is 457 g/mol. The number of aliphatic carboxylic acids is 1. The largest absolute Gasteiger partial charge is 0.480 e. The predicted molar refractivity (Wildman–Crippen MR) is 123 cm³/mol. The molecule has 4 rings (SSSR count). The summed E-state index contributed by atoms with van der Waals surface area (Å²) in [5.41, 5.74) is 2.12. The van der Waals surface area contributed by atoms with Gasteiger partial charge in [0.2, 0.25) is 5.91 Å². The molecular formula is C22H24N4O3S2. The van der Waals surface area contributed by atoms with Crippen LogP contribution in [0.1, 0.15) is 32.4 Å². The van der Waals surface area contributed by atoms with Gasteiger partial charge in [0, 0.05) is 12.2 Å². The maximum absolute atomic E-state index is 13.2. The highest BCUT2D eigenvalue weighted by atomic mass is 32.2. The lowest BCUT2D eigenvalue weighted by Gasteiger charge is -2.24. The third kappa shape index (κ3) is 4.12. The first kappa shape index (κ1) is 21.6. The molecule has 0 saturated heterocycles. The smallest absolute Gasteiger partial charge is 0.327 e. The van der Waals surface area contributed by atoms with Gasteiger partial charge in [-0.15, -0.1) is 21.5 Å². The molecular weight excluding hydrogens is 432 g/mol. The Labute approximate surface area is 189 Å². The minimum absolute atomic E-state index is 0.0152. The number of amides is 1. The van der Waals surface area contributed by atoms with Crippen LogP contribution < -0.4 is 4.90 Å². The number of rotatable bonds is 7. The van der Waals surface area contributed by atoms with Crippen LogP contribution in [0.2, 0.25) is 0 Å². The Hall–Kier alpha value is -2.65. The molecule has 0 unspecified atom stereocenters. The van der Waals surface area contributed by atoms with Gasteiger partial charge in [-0.25, -0.2) is 4.79 Å². The number of aromatic nitrogens is 3. The number of para-hydroxylation sites is 1. The fourth-order valence-corrected chi connectivity index (χ4v) is 5.52. The van der Waals surface area contributed by atoms with E-state index in [4.69, 9.17) is 0 Å². The zero-order valence-electron chi connectivity index (χ0n) is 17.6. The van der Waals surface area contributed by atoms with E-state index in [1.807, 2.05) is 67.4 Å². The molecule has 0 bridgehead atoms. The number of hydrogen-bond acceptors (Lipinski definition) is 6. The van der Waals surface area contributed by atoms with Crippen molar-refractivity contribution in [3.8, 4) is 10.7 Å². The Morgan fingerprint density at radius 2 is 1.90 bits per heavy atom. The summed E-state index contributed by atoms with van der Waals surface area (Å²) < 4.78 is 1.67. The Balaban J connectivity index is 1.65. The second-order valence-corrected chi connectivity index (χ2v) is 10.1. The minimum Gasteiger partial charge on any atom is -0.480 e. The van der Waals surface area contributed by atoms with Gasteiger partial charge in [-0.3, -0.25) is 9.36 Å². The van der Waals surface area contributed by atoms with E-state index in [2.05, 4.69) is 10.2 Å². The van der Waals surface area contributed by atoms with Crippen LogP contribution in [-0.2, 0) is 16.0 Å². The summed E-state index contributed by atoms with van der Waals surface area (Å²) in [7, 11) is 0. The molecule has 3 heterocycles. The van der Waals surface area contributed by atoms with E-state index < -0.39 is 17.3 Å². The third-order valence-corrected chi connectivity index (χ3v) is 7.26. The summed E-state index contributed by atoms with van der Waals surface area (Å²) in [4.78, 5) is 28.0. The Bertz CT molecular complexity index is 1090. The third-order valence-electron chi connectivity index (χ3n) is 5.35. The van der Waals surface area contributed by atoms with Crippen LogP contribution in [0, 0.1) is 5.92 Å². The summed E-state index contributed by atoms with van der Waals surface area (Å²) in [6.07, 6.45) is 0.840. The van der Waals surface area contributed by atoms with Gasteiger partial charge in [0.1, 0.15) is 6.04 Å². The highest BCUT2D eigenvalue weighted by Gasteiger charge is 2.33. The van der Waals surface area contributed by atoms with Gasteiger partial charge in [0.15, 0.2) is 11.0 Å². The quantitative estimate of drug-likeness (QED) is 0.532. The van der Waals surface area contributed by atoms with E-state index >= 15 is 0 Å². The van der Waals surface area contributed by atoms with E-state index in [1.165, 1.54) is 28.7 Å². The molecule has 162 valence electrons. The van der Waals surface area contributed by atoms with Crippen molar-refractivity contribution in [1.82, 2.24) is 14.8 Å². The molecule has 0 saturated carbocycles. The van der Waals surface area contributed by atoms with Gasteiger partial charge >= 0.3 is 5.97 Å². The van der Waals surface area contributed by atoms with Crippen LogP contribution in [0.25, 0.3) is 10.7 Å². The number of carboxylic acid groups (broad SMARTS) is 1. The molecule has 1 amide bonds. The molecule has 2 atom stereocenters. The Morgan fingerprint density at radius 3 is 2.58 bits per heavy atom. The van der Waals surface area contributed by atoms with Gasteiger partial charge in [0.05, 0.1) is 10.1 Å². The van der Waals surface area contributed by atoms with Crippen LogP contribution in [0.5, 0.6) is 0 Å². The molecule has 1 aliphatic heterocycles. The van der Waals surface area contributed by atoms with E-state index in [0.717, 1.165) is 17.0 Å². The molecule has 31 heavy (non-hydrogen) atoms. The molecule has 0 spiro atoms. The zero-order chi connectivity index (χ0) is 22.1. The number of hydrogen-bond donors (Lipinski definition) is 1. The molecule has 9 heteroatoms. The van der Waals surface area contributed by atoms with Crippen LogP contribution in [0.4, 0.5) is 5.69 Å². The minimum atomic E-state index is -0.943. The van der Waals surface area contributed by atoms with E-state index in [1.54, 1.807) is 4.57 Å². The van der Waals surface area contributed by atoms with E-state index in [9.17, 15) is 14.7 Å². The molecule has 1 aliphatic rings. The first-order chi connectivity index (χ1) is 14.9. The summed E-state index contributed by atoms with van der Waals surface area (Å²) in [5.74, 6) is -0.617. The second-order valence-electron chi connectivity index (χ2n) is 7.81. The SMILES string of the molecule is CC(C)[C@@H](C(=O)O)n1c(S[C@@H](C)C(=O)N2CCc3ccccc32)nnc1-c1cccs1. The van der Waals surface area contributed by atoms with Crippen molar-refractivity contribution in [2.45, 2.75) is 43.6 Å². The normalized spacial score (nSPS) is 15.2. The highest BCUT2D eigenvalue weighted by molar-refractivity contribution is 8.00. The first-order valence-electron chi connectivity index (χ1n) is 10.2. The number of nitrogens with zero attached hydrogens (tertiary/aromatic N) is 4. The van der Waals surface area contributed by atoms with Crippen molar-refractivity contribution in [1.29, 1.82) is 0 Å². The zero-order valence-corrected chi connectivity index (χ0v) is 19.2. The number of carbonyl (C=O) groups excluding carboxylic acids is 1. The van der Waals surface area contributed by atoms with Gasteiger partial charge in [0.25, 0.3) is 0 Å². The first-order valence-corrected chi connectivity index (χ1v) is 11.9. The molecule has 7 nitrogen and oxygen atoms in total. The average Bonchev–Trinajstić information content (AvgIpc) is 3.47. The summed E-state index contributed by atoms with van der Waals surface area (Å²) in [6.45, 7) is 6.21. The molecule has 2 aromatic heterocycles. The van der Waals surface area contributed by atoms with Crippen LogP contribution in [0.15, 0.2) is 46.9 Å². The lowest BCUT2D eigenvalue weighted by atomic mass is 10.0. The Kier molecular flexibility index (Phi) is 6.15. The van der Waals surface area contributed by atoms with Gasteiger partial charge in [-0.2, -0.15) is 0 Å². The van der Waals surface area contributed by atoms with E-state index in [0.29, 0.717) is 17.5 Å². The number of thiophene rings is 1. The van der Waals surface area contributed by atoms with Gasteiger partial charge < -0.3 is 10.0 Å². The van der Waals surface area contributed by atoms with Crippen LogP contribution in [0.3, 0.4) is 0 Å². The number of fused-ring (bicyclic) bond motifs is 1. The van der Waals surface area contributed by atoms with Crippen LogP contribution >= 0.6 is 23.1 Å². The Morgan fingerprint density at radius 1 is 1.13 bits per heavy atom. The number of carboxylic acids is 1. The number of thioether (sulfide) groups is 1. The van der Waals surface area contributed by atoms with Gasteiger partial charge in [-0.05, 0) is 42.3 Å². The van der Waals surface area contributed by atoms with Gasteiger partial charge in [-0.1, -0.05) is 49.9 Å². The predicted octanol–water partition coefficient (Wildman–Crippen LogP) is 4.36. The summed E-state index contributed by atoms with van der Waals surface area (Å²) in [6, 6.07) is 10.9. The van der Waals surface area contributed by atoms with Crippen molar-refractivity contribution in [3.63, 3.8) is 0 Å². The molecule has 1 aromatic carbocycles. The van der Waals surface area contributed by atoms with Crippen LogP contribution in [-0.4, -0.2) is 43.5 Å². The van der Waals surface area contributed by atoms with E-state index in [-0.39, 0.29) is 11.8 Å². The molecule has 1 N–H and O–H groups in total. The molecule has 0 radical (unpaired) electrons. The van der Waals surface area contributed by atoms with Crippen molar-refractivity contribution in [2.24, 2.45) is 5.92 Å². The van der Waals surface area contributed by atoms with Crippen molar-refractivity contribution in [3.05, 3.63) is 47.3 Å². The monoisotopic (exact) mass is 456 g/mol. The number of carbonyl (C=O) groups is 2. The standard InChI is InChI=1S/C22H24N4O3S2/c1-13(2)18(21(28)29)26-19(17-9-6-12-30-17)23-24-22(26)31-14(3)20(27)25-11-10-15-7-4-5-8-16(15)25/h4-9,12-14,18H,10-11H2,1-3H3,(H,28,29)/t14-,18-/m0/s1. The number of benzene rings is 1. The second kappa shape index (κ2) is 8.84. The molecule has 0 fully saturated rings. The molecule has 0 aliphatic carbocycles. The maximum Gasteiger partial charge on any atom is 0.327 e. The lowest BCUT2D eigenvalue weighted by Crippen LogP contribution is -2.35. The van der Waals surface area contributed by atoms with Crippen molar-refractivity contribution >= 4 is 40.7 Å². The summed E-state index contributed by atoms with van der Waals surface area (Å²) >= 11 is 2.74.